The minimum Gasteiger partial charge on any atom is -0.492 e. The Morgan fingerprint density at radius 1 is 1.36 bits per heavy atom. The quantitative estimate of drug-likeness (QED) is 0.670. The molecule has 0 fully saturated rings. The molecular weight excluding hydrogens is 329 g/mol. The SMILES string of the molecule is CCCC(NC(=O)CCCOc1ccc(Cl)cc1Cl)C(=O)O. The van der Waals surface area contributed by atoms with E-state index in [1.807, 2.05) is 6.92 Å². The molecule has 1 unspecified atom stereocenters. The summed E-state index contributed by atoms with van der Waals surface area (Å²) in [4.78, 5) is 22.6. The second-order valence-electron chi connectivity index (χ2n) is 4.77. The molecule has 0 bridgehead atoms. The van der Waals surface area contributed by atoms with Crippen molar-refractivity contribution in [3.63, 3.8) is 0 Å². The number of carbonyl (C=O) groups excluding carboxylic acids is 1. The lowest BCUT2D eigenvalue weighted by molar-refractivity contribution is -0.142. The van der Waals surface area contributed by atoms with Gasteiger partial charge < -0.3 is 15.2 Å². The van der Waals surface area contributed by atoms with Gasteiger partial charge in [-0.05, 0) is 31.0 Å². The van der Waals surface area contributed by atoms with E-state index in [2.05, 4.69) is 5.32 Å². The third-order valence-corrected chi connectivity index (χ3v) is 3.44. The first-order chi connectivity index (χ1) is 10.4. The number of hydrogen-bond acceptors (Lipinski definition) is 3. The van der Waals surface area contributed by atoms with Crippen LogP contribution in [0.25, 0.3) is 0 Å². The molecule has 22 heavy (non-hydrogen) atoms. The molecule has 1 rings (SSSR count). The van der Waals surface area contributed by atoms with Gasteiger partial charge in [-0.25, -0.2) is 4.79 Å². The van der Waals surface area contributed by atoms with E-state index in [0.717, 1.165) is 0 Å². The Morgan fingerprint density at radius 3 is 2.68 bits per heavy atom. The van der Waals surface area contributed by atoms with E-state index >= 15 is 0 Å². The number of benzene rings is 1. The summed E-state index contributed by atoms with van der Waals surface area (Å²) in [5, 5.41) is 12.4. The molecule has 1 aromatic carbocycles. The van der Waals surface area contributed by atoms with Crippen LogP contribution in [-0.4, -0.2) is 29.6 Å². The zero-order chi connectivity index (χ0) is 16.5. The van der Waals surface area contributed by atoms with Crippen LogP contribution in [0.2, 0.25) is 10.0 Å². The third-order valence-electron chi connectivity index (χ3n) is 2.91. The van der Waals surface area contributed by atoms with E-state index in [1.165, 1.54) is 0 Å². The molecule has 2 N–H and O–H groups in total. The van der Waals surface area contributed by atoms with Gasteiger partial charge in [0.05, 0.1) is 11.6 Å². The van der Waals surface area contributed by atoms with Gasteiger partial charge in [0, 0.05) is 11.4 Å². The zero-order valence-electron chi connectivity index (χ0n) is 12.3. The summed E-state index contributed by atoms with van der Waals surface area (Å²) < 4.78 is 5.46. The smallest absolute Gasteiger partial charge is 0.326 e. The van der Waals surface area contributed by atoms with Crippen molar-refractivity contribution in [1.29, 1.82) is 0 Å². The Hall–Kier alpha value is -1.46. The molecular formula is C15H19Cl2NO4. The Balaban J connectivity index is 2.31. The highest BCUT2D eigenvalue weighted by Gasteiger charge is 2.18. The fourth-order valence-electron chi connectivity index (χ4n) is 1.82. The number of aliphatic carboxylic acids is 1. The number of carbonyl (C=O) groups is 2. The number of hydrogen-bond donors (Lipinski definition) is 2. The number of rotatable bonds is 9. The van der Waals surface area contributed by atoms with Gasteiger partial charge in [-0.1, -0.05) is 36.5 Å². The maximum absolute atomic E-state index is 11.7. The Bertz CT molecular complexity index is 522. The van der Waals surface area contributed by atoms with Gasteiger partial charge in [-0.2, -0.15) is 0 Å². The van der Waals surface area contributed by atoms with Crippen LogP contribution in [0.3, 0.4) is 0 Å². The highest BCUT2D eigenvalue weighted by Crippen LogP contribution is 2.27. The largest absolute Gasteiger partial charge is 0.492 e. The van der Waals surface area contributed by atoms with Crippen molar-refractivity contribution in [2.75, 3.05) is 6.61 Å². The highest BCUT2D eigenvalue weighted by atomic mass is 35.5. The fourth-order valence-corrected chi connectivity index (χ4v) is 2.28. The minimum absolute atomic E-state index is 0.193. The molecule has 0 radical (unpaired) electrons. The number of carboxylic acid groups (broad SMARTS) is 1. The molecule has 1 amide bonds. The predicted octanol–water partition coefficient (Wildman–Crippen LogP) is 3.52. The molecule has 1 aromatic rings. The maximum Gasteiger partial charge on any atom is 0.326 e. The first-order valence-corrected chi connectivity index (χ1v) is 7.79. The summed E-state index contributed by atoms with van der Waals surface area (Å²) in [5.41, 5.74) is 0. The summed E-state index contributed by atoms with van der Waals surface area (Å²) in [6.45, 7) is 2.17. The van der Waals surface area contributed by atoms with E-state index in [1.54, 1.807) is 18.2 Å². The van der Waals surface area contributed by atoms with Crippen LogP contribution in [0, 0.1) is 0 Å². The van der Waals surface area contributed by atoms with Crippen molar-refractivity contribution in [3.05, 3.63) is 28.2 Å². The van der Waals surface area contributed by atoms with Gasteiger partial charge in [-0.15, -0.1) is 0 Å². The van der Waals surface area contributed by atoms with E-state index in [0.29, 0.717) is 41.7 Å². The topological polar surface area (TPSA) is 75.6 Å². The molecule has 0 heterocycles. The van der Waals surface area contributed by atoms with Crippen molar-refractivity contribution in [1.82, 2.24) is 5.32 Å². The molecule has 0 aliphatic carbocycles. The second-order valence-corrected chi connectivity index (χ2v) is 5.62. The van der Waals surface area contributed by atoms with E-state index in [4.69, 9.17) is 33.0 Å². The van der Waals surface area contributed by atoms with E-state index in [9.17, 15) is 9.59 Å². The zero-order valence-corrected chi connectivity index (χ0v) is 13.8. The van der Waals surface area contributed by atoms with Gasteiger partial charge in [0.2, 0.25) is 5.91 Å². The summed E-state index contributed by atoms with van der Waals surface area (Å²) in [7, 11) is 0. The number of halogens is 2. The van der Waals surface area contributed by atoms with Gasteiger partial charge in [0.15, 0.2) is 0 Å². The van der Waals surface area contributed by atoms with E-state index < -0.39 is 12.0 Å². The molecule has 1 atom stereocenters. The first kappa shape index (κ1) is 18.6. The second kappa shape index (κ2) is 9.54. The molecule has 122 valence electrons. The molecule has 0 aliphatic rings. The van der Waals surface area contributed by atoms with Crippen LogP contribution < -0.4 is 10.1 Å². The molecule has 0 spiro atoms. The highest BCUT2D eigenvalue weighted by molar-refractivity contribution is 6.35. The minimum atomic E-state index is -1.01. The van der Waals surface area contributed by atoms with Crippen LogP contribution in [0.4, 0.5) is 0 Å². The van der Waals surface area contributed by atoms with Crippen LogP contribution in [0.15, 0.2) is 18.2 Å². The van der Waals surface area contributed by atoms with Gasteiger partial charge in [0.1, 0.15) is 11.8 Å². The molecule has 0 aromatic heterocycles. The lowest BCUT2D eigenvalue weighted by Gasteiger charge is -2.13. The number of amides is 1. The molecule has 0 saturated carbocycles. The molecule has 0 aliphatic heterocycles. The van der Waals surface area contributed by atoms with Crippen molar-refractivity contribution in [3.8, 4) is 5.75 Å². The summed E-state index contributed by atoms with van der Waals surface area (Å²) in [6.07, 6.45) is 1.76. The van der Waals surface area contributed by atoms with Gasteiger partial charge >= 0.3 is 5.97 Å². The summed E-state index contributed by atoms with van der Waals surface area (Å²) >= 11 is 11.7. The number of ether oxygens (including phenoxy) is 1. The predicted molar refractivity (Wildman–Crippen MR) is 85.7 cm³/mol. The average Bonchev–Trinajstić information content (AvgIpc) is 2.44. The lowest BCUT2D eigenvalue weighted by Crippen LogP contribution is -2.40. The summed E-state index contributed by atoms with van der Waals surface area (Å²) in [5.74, 6) is -0.813. The molecule has 0 saturated heterocycles. The van der Waals surface area contributed by atoms with Crippen LogP contribution in [0.5, 0.6) is 5.75 Å². The van der Waals surface area contributed by atoms with Crippen molar-refractivity contribution < 1.29 is 19.4 Å². The normalized spacial score (nSPS) is 11.8. The third kappa shape index (κ3) is 6.54. The van der Waals surface area contributed by atoms with Gasteiger partial charge in [0.25, 0.3) is 0 Å². The Morgan fingerprint density at radius 2 is 2.09 bits per heavy atom. The molecule has 5 nitrogen and oxygen atoms in total. The van der Waals surface area contributed by atoms with Crippen molar-refractivity contribution in [2.45, 2.75) is 38.6 Å². The fraction of sp³-hybridized carbons (Fsp3) is 0.467. The van der Waals surface area contributed by atoms with Gasteiger partial charge in [-0.3, -0.25) is 4.79 Å². The van der Waals surface area contributed by atoms with Crippen LogP contribution in [-0.2, 0) is 9.59 Å². The number of nitrogens with one attached hydrogen (secondary N) is 1. The van der Waals surface area contributed by atoms with E-state index in [-0.39, 0.29) is 12.3 Å². The maximum atomic E-state index is 11.7. The van der Waals surface area contributed by atoms with Crippen LogP contribution >= 0.6 is 23.2 Å². The number of carboxylic acids is 1. The van der Waals surface area contributed by atoms with Crippen molar-refractivity contribution in [2.24, 2.45) is 0 Å². The lowest BCUT2D eigenvalue weighted by atomic mass is 10.1. The Labute approximate surface area is 139 Å². The van der Waals surface area contributed by atoms with Crippen molar-refractivity contribution >= 4 is 35.1 Å². The average molecular weight is 348 g/mol. The Kier molecular flexibility index (Phi) is 8.06. The molecule has 7 heteroatoms. The summed E-state index contributed by atoms with van der Waals surface area (Å²) in [6, 6.07) is 4.07. The first-order valence-electron chi connectivity index (χ1n) is 7.04. The van der Waals surface area contributed by atoms with Crippen LogP contribution in [0.1, 0.15) is 32.6 Å². The standard InChI is InChI=1S/C15H19Cl2NO4/c1-2-4-12(15(20)21)18-14(19)5-3-8-22-13-7-6-10(16)9-11(13)17/h6-7,9,12H,2-5,8H2,1H3,(H,18,19)(H,20,21). The monoisotopic (exact) mass is 347 g/mol.